The third kappa shape index (κ3) is 5.22. The molecule has 8 aromatic rings. The number of hydrogen-bond donors (Lipinski definition) is 0. The van der Waals surface area contributed by atoms with Crippen LogP contribution in [0.4, 0.5) is 34.1 Å². The molecular weight excluding hydrogens is 567 g/mol. The Morgan fingerprint density at radius 2 is 0.956 bits per heavy atom. The molecule has 0 aliphatic heterocycles. The second kappa shape index (κ2) is 11.8. The molecule has 0 spiro atoms. The Balaban J connectivity index is 1.17. The van der Waals surface area contributed by atoms with Crippen molar-refractivity contribution >= 4 is 66.5 Å². The smallest absolute Gasteiger partial charge is 0.124 e. The van der Waals surface area contributed by atoms with E-state index in [1.54, 1.807) is 11.3 Å². The molecule has 3 nitrogen and oxygen atoms in total. The van der Waals surface area contributed by atoms with Crippen LogP contribution in [-0.2, 0) is 0 Å². The summed E-state index contributed by atoms with van der Waals surface area (Å²) >= 11 is 1.73. The largest absolute Gasteiger partial charge is 0.311 e. The molecule has 1 heterocycles. The van der Waals surface area contributed by atoms with Gasteiger partial charge in [-0.25, -0.2) is 4.98 Å². The van der Waals surface area contributed by atoms with E-state index < -0.39 is 0 Å². The number of thiazole rings is 1. The summed E-state index contributed by atoms with van der Waals surface area (Å²) in [7, 11) is 0. The lowest BCUT2D eigenvalue weighted by Gasteiger charge is -2.26. The first-order valence-corrected chi connectivity index (χ1v) is 15.9. The molecule has 0 amide bonds. The lowest BCUT2D eigenvalue weighted by atomic mass is 10.1. The average molecular weight is 596 g/mol. The van der Waals surface area contributed by atoms with Crippen molar-refractivity contribution in [3.63, 3.8) is 0 Å². The maximum absolute atomic E-state index is 5.06. The molecule has 0 saturated heterocycles. The normalized spacial score (nSPS) is 11.1. The zero-order chi connectivity index (χ0) is 30.0. The third-order valence-electron chi connectivity index (χ3n) is 8.05. The minimum atomic E-state index is 1.00. The van der Waals surface area contributed by atoms with Crippen LogP contribution in [-0.4, -0.2) is 4.98 Å². The molecule has 45 heavy (non-hydrogen) atoms. The van der Waals surface area contributed by atoms with Gasteiger partial charge >= 0.3 is 0 Å². The van der Waals surface area contributed by atoms with E-state index in [9.17, 15) is 0 Å². The van der Waals surface area contributed by atoms with Crippen LogP contribution in [0.3, 0.4) is 0 Å². The summed E-state index contributed by atoms with van der Waals surface area (Å²) < 4.78 is 1.16. The van der Waals surface area contributed by atoms with Gasteiger partial charge in [0.05, 0.1) is 15.9 Å². The summed E-state index contributed by atoms with van der Waals surface area (Å²) in [5.74, 6) is 0. The summed E-state index contributed by atoms with van der Waals surface area (Å²) in [4.78, 5) is 9.68. The fourth-order valence-corrected chi connectivity index (χ4v) is 6.94. The van der Waals surface area contributed by atoms with Gasteiger partial charge < -0.3 is 9.80 Å². The van der Waals surface area contributed by atoms with E-state index in [0.29, 0.717) is 0 Å². The molecule has 0 aliphatic rings. The topological polar surface area (TPSA) is 19.4 Å². The molecule has 0 N–H and O–H groups in total. The highest BCUT2D eigenvalue weighted by Crippen LogP contribution is 2.42. The molecule has 0 radical (unpaired) electrons. The number of aromatic nitrogens is 1. The van der Waals surface area contributed by atoms with Crippen LogP contribution in [0, 0.1) is 0 Å². The quantitative estimate of drug-likeness (QED) is 0.183. The van der Waals surface area contributed by atoms with Crippen molar-refractivity contribution in [1.29, 1.82) is 0 Å². The van der Waals surface area contributed by atoms with Crippen LogP contribution in [0.15, 0.2) is 176 Å². The minimum Gasteiger partial charge on any atom is -0.311 e. The Morgan fingerprint density at radius 3 is 1.62 bits per heavy atom. The Hall–Kier alpha value is -5.71. The van der Waals surface area contributed by atoms with Gasteiger partial charge in [-0.15, -0.1) is 11.3 Å². The van der Waals surface area contributed by atoms with Crippen LogP contribution < -0.4 is 9.80 Å². The lowest BCUT2D eigenvalue weighted by Crippen LogP contribution is -2.10. The van der Waals surface area contributed by atoms with Gasteiger partial charge in [-0.1, -0.05) is 91.0 Å². The zero-order valence-electron chi connectivity index (χ0n) is 24.5. The zero-order valence-corrected chi connectivity index (χ0v) is 25.3. The summed E-state index contributed by atoms with van der Waals surface area (Å²) in [6, 6.07) is 62.0. The summed E-state index contributed by atoms with van der Waals surface area (Å²) in [5.41, 5.74) is 8.84. The van der Waals surface area contributed by atoms with Crippen molar-refractivity contribution in [3.8, 4) is 10.6 Å². The number of benzene rings is 7. The first kappa shape index (κ1) is 26.9. The van der Waals surface area contributed by atoms with Crippen LogP contribution in [0.25, 0.3) is 31.6 Å². The highest BCUT2D eigenvalue weighted by Gasteiger charge is 2.17. The van der Waals surface area contributed by atoms with Gasteiger partial charge in [-0.3, -0.25) is 0 Å². The molecule has 0 bridgehead atoms. The van der Waals surface area contributed by atoms with Crippen LogP contribution in [0.2, 0.25) is 0 Å². The molecule has 0 atom stereocenters. The van der Waals surface area contributed by atoms with Gasteiger partial charge in [0.1, 0.15) is 5.01 Å². The van der Waals surface area contributed by atoms with E-state index in [4.69, 9.17) is 4.98 Å². The number of para-hydroxylation sites is 3. The van der Waals surface area contributed by atoms with Crippen molar-refractivity contribution in [2.75, 3.05) is 9.80 Å². The fraction of sp³-hybridized carbons (Fsp3) is 0. The number of anilines is 6. The number of fused-ring (bicyclic) bond motifs is 2. The van der Waals surface area contributed by atoms with E-state index in [-0.39, 0.29) is 0 Å². The van der Waals surface area contributed by atoms with Crippen molar-refractivity contribution in [2.45, 2.75) is 0 Å². The third-order valence-corrected chi connectivity index (χ3v) is 9.12. The lowest BCUT2D eigenvalue weighted by molar-refractivity contribution is 1.28. The highest BCUT2D eigenvalue weighted by atomic mass is 32.1. The SMILES string of the molecule is c1ccc(N(c2ccccc2)c2ccc(-c3nc4ccc(N(c5ccccc5)c5cccc6ccccc56)cc4s3)cc2)cc1. The van der Waals surface area contributed by atoms with Crippen molar-refractivity contribution in [3.05, 3.63) is 176 Å². The molecule has 214 valence electrons. The number of nitrogens with zero attached hydrogens (tertiary/aromatic N) is 3. The van der Waals surface area contributed by atoms with Gasteiger partial charge in [0.15, 0.2) is 0 Å². The van der Waals surface area contributed by atoms with Gasteiger partial charge in [0, 0.05) is 39.4 Å². The highest BCUT2D eigenvalue weighted by molar-refractivity contribution is 7.21. The van der Waals surface area contributed by atoms with Crippen molar-refractivity contribution < 1.29 is 0 Å². The Kier molecular flexibility index (Phi) is 7.02. The van der Waals surface area contributed by atoms with Gasteiger partial charge in [-0.05, 0) is 90.3 Å². The van der Waals surface area contributed by atoms with E-state index >= 15 is 0 Å². The molecule has 8 rings (SSSR count). The van der Waals surface area contributed by atoms with Crippen LogP contribution in [0.1, 0.15) is 0 Å². The van der Waals surface area contributed by atoms with Gasteiger partial charge in [-0.2, -0.15) is 0 Å². The van der Waals surface area contributed by atoms with E-state index in [2.05, 4.69) is 186 Å². The second-order valence-corrected chi connectivity index (χ2v) is 11.9. The van der Waals surface area contributed by atoms with E-state index in [0.717, 1.165) is 54.9 Å². The Morgan fingerprint density at radius 1 is 0.422 bits per heavy atom. The van der Waals surface area contributed by atoms with Crippen molar-refractivity contribution in [1.82, 2.24) is 4.98 Å². The number of hydrogen-bond acceptors (Lipinski definition) is 4. The molecule has 0 unspecified atom stereocenters. The minimum absolute atomic E-state index is 1.00. The molecule has 1 aromatic heterocycles. The molecule has 0 fully saturated rings. The van der Waals surface area contributed by atoms with Crippen LogP contribution in [0.5, 0.6) is 0 Å². The predicted octanol–water partition coefficient (Wildman–Crippen LogP) is 12.1. The van der Waals surface area contributed by atoms with E-state index in [1.165, 1.54) is 10.8 Å². The average Bonchev–Trinajstić information content (AvgIpc) is 3.54. The first-order valence-electron chi connectivity index (χ1n) is 15.1. The predicted molar refractivity (Wildman–Crippen MR) is 192 cm³/mol. The van der Waals surface area contributed by atoms with Gasteiger partial charge in [0.25, 0.3) is 0 Å². The standard InChI is InChI=1S/C41H29N3S/c1-4-15-32(16-5-1)43(33-17-6-2-7-18-33)35-25-23-31(24-26-35)41-42-38-28-27-36(29-40(38)45-41)44(34-19-8-3-9-20-34)39-22-12-14-30-13-10-11-21-37(30)39/h1-29H. The number of rotatable bonds is 7. The molecular formula is C41H29N3S. The summed E-state index contributed by atoms with van der Waals surface area (Å²) in [6.45, 7) is 0. The van der Waals surface area contributed by atoms with Gasteiger partial charge in [0.2, 0.25) is 0 Å². The monoisotopic (exact) mass is 595 g/mol. The Labute approximate surface area is 266 Å². The molecule has 4 heteroatoms. The molecule has 0 saturated carbocycles. The maximum Gasteiger partial charge on any atom is 0.124 e. The first-order chi connectivity index (χ1) is 22.3. The van der Waals surface area contributed by atoms with E-state index in [1.807, 2.05) is 0 Å². The summed E-state index contributed by atoms with van der Waals surface area (Å²) in [6.07, 6.45) is 0. The second-order valence-electron chi connectivity index (χ2n) is 10.9. The fourth-order valence-electron chi connectivity index (χ4n) is 5.94. The maximum atomic E-state index is 5.06. The summed E-state index contributed by atoms with van der Waals surface area (Å²) in [5, 5.41) is 3.45. The van der Waals surface area contributed by atoms with Crippen molar-refractivity contribution in [2.24, 2.45) is 0 Å². The van der Waals surface area contributed by atoms with Crippen LogP contribution >= 0.6 is 11.3 Å². The molecule has 7 aromatic carbocycles. The molecule has 0 aliphatic carbocycles. The Bertz CT molecular complexity index is 2170.